The number of carboxylic acid groups (broad SMARTS) is 1. The number of aliphatic carboxylic acids is 1. The molecule has 0 amide bonds. The largest absolute Gasteiger partial charge is 0.511 e. The van der Waals surface area contributed by atoms with Gasteiger partial charge in [-0.15, -0.1) is 0 Å². The standard InChI is InChI=1S/C34H36N4O4/c1-7-19-15(3)22-11-24-17(5)21(9-10-30(41)42)33(37-24)32-29(40)14-28(39)31-18(6)25(38-34(31)32)13-27-20(8-2)16(4)23(36-27)12-26(19)35-22/h7,11-13,17,21,35-36,39-40H,1,8-10,14H2,2-6H3,(H,41,42)/t17-,21-/m0/s1. The second-order valence-corrected chi connectivity index (χ2v) is 11.6. The molecule has 0 radical (unpaired) electrons. The highest BCUT2D eigenvalue weighted by Gasteiger charge is 2.34. The summed E-state index contributed by atoms with van der Waals surface area (Å²) in [6.07, 6.45) is 2.98. The van der Waals surface area contributed by atoms with E-state index in [0.717, 1.165) is 56.4 Å². The van der Waals surface area contributed by atoms with E-state index in [2.05, 4.69) is 36.5 Å². The second kappa shape index (κ2) is 10.0. The fourth-order valence-corrected chi connectivity index (χ4v) is 6.82. The molecule has 0 fully saturated rings. The Kier molecular flexibility index (Phi) is 6.60. The minimum absolute atomic E-state index is 0.00757. The molecule has 0 spiro atoms. The Bertz CT molecular complexity index is 2030. The number of carbonyl (C=O) groups is 1. The zero-order valence-corrected chi connectivity index (χ0v) is 24.6. The molecule has 8 heteroatoms. The van der Waals surface area contributed by atoms with Crippen LogP contribution < -0.4 is 10.6 Å². The van der Waals surface area contributed by atoms with Crippen molar-refractivity contribution in [3.05, 3.63) is 80.4 Å². The van der Waals surface area contributed by atoms with Gasteiger partial charge < -0.3 is 25.3 Å². The van der Waals surface area contributed by atoms with Crippen LogP contribution >= 0.6 is 0 Å². The van der Waals surface area contributed by atoms with Crippen LogP contribution in [-0.4, -0.2) is 41.2 Å². The smallest absolute Gasteiger partial charge is 0.303 e. The van der Waals surface area contributed by atoms with Crippen molar-refractivity contribution < 1.29 is 20.1 Å². The molecule has 0 aromatic carbocycles. The quantitative estimate of drug-likeness (QED) is 0.254. The Morgan fingerprint density at radius 1 is 1.02 bits per heavy atom. The summed E-state index contributed by atoms with van der Waals surface area (Å²) >= 11 is 0. The molecule has 0 saturated heterocycles. The van der Waals surface area contributed by atoms with E-state index in [4.69, 9.17) is 9.97 Å². The van der Waals surface area contributed by atoms with Crippen molar-refractivity contribution in [1.82, 2.24) is 19.9 Å². The lowest BCUT2D eigenvalue weighted by Crippen LogP contribution is -2.24. The lowest BCUT2D eigenvalue weighted by Gasteiger charge is -2.18. The van der Waals surface area contributed by atoms with Gasteiger partial charge in [0.2, 0.25) is 0 Å². The average molecular weight is 565 g/mol. The summed E-state index contributed by atoms with van der Waals surface area (Å²) in [5, 5.41) is 33.1. The van der Waals surface area contributed by atoms with E-state index in [1.54, 1.807) is 0 Å². The summed E-state index contributed by atoms with van der Waals surface area (Å²) in [6.45, 7) is 14.3. The Hall–Kier alpha value is -4.59. The van der Waals surface area contributed by atoms with E-state index in [1.165, 1.54) is 5.56 Å². The predicted molar refractivity (Wildman–Crippen MR) is 167 cm³/mol. The van der Waals surface area contributed by atoms with Crippen molar-refractivity contribution >= 4 is 51.0 Å². The Labute approximate surface area is 243 Å². The first-order valence-electron chi connectivity index (χ1n) is 14.5. The van der Waals surface area contributed by atoms with Gasteiger partial charge in [0.05, 0.1) is 28.4 Å². The number of aliphatic hydroxyl groups is 2. The minimum atomic E-state index is -0.881. The Balaban J connectivity index is 1.85. The van der Waals surface area contributed by atoms with Crippen LogP contribution in [0.25, 0.3) is 45.0 Å². The van der Waals surface area contributed by atoms with Gasteiger partial charge in [-0.2, -0.15) is 0 Å². The van der Waals surface area contributed by atoms with Gasteiger partial charge in [0.1, 0.15) is 11.5 Å². The summed E-state index contributed by atoms with van der Waals surface area (Å²) in [7, 11) is 0. The molecule has 6 rings (SSSR count). The highest BCUT2D eigenvalue weighted by molar-refractivity contribution is 6.00. The lowest BCUT2D eigenvalue weighted by molar-refractivity contribution is -0.137. The fourth-order valence-electron chi connectivity index (χ4n) is 6.82. The number of aromatic amines is 2. The van der Waals surface area contributed by atoms with Gasteiger partial charge in [0.15, 0.2) is 0 Å². The second-order valence-electron chi connectivity index (χ2n) is 11.6. The number of carboxylic acids is 1. The van der Waals surface area contributed by atoms with Crippen molar-refractivity contribution in [3.63, 3.8) is 0 Å². The summed E-state index contributed by atoms with van der Waals surface area (Å²) in [5.41, 5.74) is 11.4. The van der Waals surface area contributed by atoms with Crippen LogP contribution in [0.5, 0.6) is 0 Å². The molecule has 2 aliphatic heterocycles. The van der Waals surface area contributed by atoms with Crippen LogP contribution in [0.3, 0.4) is 0 Å². The first-order valence-corrected chi connectivity index (χ1v) is 14.5. The Morgan fingerprint density at radius 2 is 1.74 bits per heavy atom. The number of allylic oxidation sites excluding steroid dienone is 1. The number of nitrogens with one attached hydrogen (secondary N) is 2. The van der Waals surface area contributed by atoms with Crippen LogP contribution in [0, 0.1) is 13.8 Å². The highest BCUT2D eigenvalue weighted by Crippen LogP contribution is 2.40. The molecule has 5 N–H and O–H groups in total. The molecular formula is C34H36N4O4. The number of rotatable bonds is 5. The monoisotopic (exact) mass is 564 g/mol. The third kappa shape index (κ3) is 4.16. The van der Waals surface area contributed by atoms with E-state index in [-0.39, 0.29) is 36.2 Å². The van der Waals surface area contributed by atoms with Crippen LogP contribution in [-0.2, 0) is 11.2 Å². The van der Waals surface area contributed by atoms with Gasteiger partial charge >= 0.3 is 5.97 Å². The number of hydrogen-bond acceptors (Lipinski definition) is 5. The van der Waals surface area contributed by atoms with Crippen molar-refractivity contribution in [2.24, 2.45) is 0 Å². The number of H-pyrrole nitrogens is 2. The molecule has 8 bridgehead atoms. The molecule has 0 saturated carbocycles. The summed E-state index contributed by atoms with van der Waals surface area (Å²) in [6, 6.07) is 6.15. The number of aryl methyl sites for hydroxylation is 3. The highest BCUT2D eigenvalue weighted by atomic mass is 16.4. The molecule has 1 aliphatic carbocycles. The van der Waals surface area contributed by atoms with Gasteiger partial charge in [0, 0.05) is 57.2 Å². The number of aromatic nitrogens is 4. The average Bonchev–Trinajstić information content (AvgIpc) is 3.61. The van der Waals surface area contributed by atoms with Crippen LogP contribution in [0.4, 0.5) is 0 Å². The van der Waals surface area contributed by atoms with Gasteiger partial charge in [-0.05, 0) is 74.1 Å². The maximum absolute atomic E-state index is 11.6. The third-order valence-corrected chi connectivity index (χ3v) is 9.21. The molecule has 216 valence electrons. The summed E-state index contributed by atoms with van der Waals surface area (Å²) in [5.74, 6) is -1.18. The topological polar surface area (TPSA) is 135 Å². The van der Waals surface area contributed by atoms with E-state index in [0.29, 0.717) is 33.9 Å². The first kappa shape index (κ1) is 27.6. The third-order valence-electron chi connectivity index (χ3n) is 9.21. The van der Waals surface area contributed by atoms with Crippen molar-refractivity contribution in [2.75, 3.05) is 0 Å². The summed E-state index contributed by atoms with van der Waals surface area (Å²) < 4.78 is 0. The SMILES string of the molecule is C=Cc1c(C)c2cc3nc(c4c5nc(cc6[nH]c(cc1[nH]2)c(C)c6CC)=C(C)C5=C(O)CC=4O)[C@@H](CCC(=O)O)[C@@H]3C. The molecule has 3 aromatic rings. The predicted octanol–water partition coefficient (Wildman–Crippen LogP) is 6.10. The van der Waals surface area contributed by atoms with E-state index >= 15 is 0 Å². The fraction of sp³-hybridized carbons (Fsp3) is 0.324. The molecule has 3 aliphatic rings. The molecular weight excluding hydrogens is 528 g/mol. The van der Waals surface area contributed by atoms with E-state index < -0.39 is 5.97 Å². The van der Waals surface area contributed by atoms with Gasteiger partial charge in [0.25, 0.3) is 0 Å². The molecule has 5 heterocycles. The van der Waals surface area contributed by atoms with Crippen LogP contribution in [0.2, 0.25) is 0 Å². The molecule has 2 atom stereocenters. The number of aliphatic hydroxyl groups excluding tert-OH is 2. The normalized spacial score (nSPS) is 18.1. The molecule has 42 heavy (non-hydrogen) atoms. The van der Waals surface area contributed by atoms with E-state index in [9.17, 15) is 20.1 Å². The maximum Gasteiger partial charge on any atom is 0.303 e. The molecule has 8 nitrogen and oxygen atoms in total. The van der Waals surface area contributed by atoms with Crippen LogP contribution in [0.15, 0.2) is 30.5 Å². The number of fused-ring (bicyclic) bond motifs is 8. The zero-order chi connectivity index (χ0) is 30.0. The van der Waals surface area contributed by atoms with E-state index in [1.807, 2.05) is 39.0 Å². The first-order chi connectivity index (χ1) is 20.0. The minimum Gasteiger partial charge on any atom is -0.511 e. The lowest BCUT2D eigenvalue weighted by atomic mass is 9.85. The number of hydrogen-bond donors (Lipinski definition) is 5. The van der Waals surface area contributed by atoms with Gasteiger partial charge in [-0.1, -0.05) is 26.5 Å². The maximum atomic E-state index is 11.6. The van der Waals surface area contributed by atoms with Gasteiger partial charge in [-0.3, -0.25) is 9.78 Å². The van der Waals surface area contributed by atoms with Crippen LogP contribution in [0.1, 0.15) is 91.2 Å². The van der Waals surface area contributed by atoms with Crippen molar-refractivity contribution in [1.29, 1.82) is 0 Å². The molecule has 3 aromatic heterocycles. The Morgan fingerprint density at radius 3 is 2.43 bits per heavy atom. The number of nitrogens with zero attached hydrogens (tertiary/aromatic N) is 2. The molecule has 0 unspecified atom stereocenters. The zero-order valence-electron chi connectivity index (χ0n) is 24.6. The van der Waals surface area contributed by atoms with Crippen molar-refractivity contribution in [2.45, 2.75) is 72.1 Å². The summed E-state index contributed by atoms with van der Waals surface area (Å²) in [4.78, 5) is 28.9. The van der Waals surface area contributed by atoms with Gasteiger partial charge in [-0.25, -0.2) is 4.98 Å². The van der Waals surface area contributed by atoms with Crippen molar-refractivity contribution in [3.8, 4) is 0 Å².